The van der Waals surface area contributed by atoms with Crippen molar-refractivity contribution < 1.29 is 28.9 Å². The number of hydrogen-bond acceptors (Lipinski definition) is 13. The fraction of sp³-hybridized carbons (Fsp3) is 0.238. The zero-order valence-electron chi connectivity index (χ0n) is 20.1. The summed E-state index contributed by atoms with van der Waals surface area (Å²) in [5.41, 5.74) is 5.75. The van der Waals surface area contributed by atoms with E-state index in [1.165, 1.54) is 24.3 Å². The van der Waals surface area contributed by atoms with Gasteiger partial charge < -0.3 is 31.6 Å². The number of hydrogen-bond donors (Lipinski definition) is 4. The third kappa shape index (κ3) is 4.81. The lowest BCUT2D eigenvalue weighted by Crippen LogP contribution is -2.71. The van der Waals surface area contributed by atoms with E-state index in [0.717, 1.165) is 16.2 Å². The van der Waals surface area contributed by atoms with Gasteiger partial charge in [-0.2, -0.15) is 0 Å². The lowest BCUT2D eigenvalue weighted by atomic mass is 10.0. The zero-order valence-corrected chi connectivity index (χ0v) is 21.7. The molecule has 0 unspecified atom stereocenters. The Hall–Kier alpha value is -4.71. The molecule has 2 aliphatic rings. The molecule has 18 heteroatoms. The zero-order chi connectivity index (χ0) is 27.8. The molecule has 1 fully saturated rings. The Morgan fingerprint density at radius 1 is 1.41 bits per heavy atom. The number of carbonyl (C=O) groups excluding carboxylic acids is 3. The second-order valence-corrected chi connectivity index (χ2v) is 10.3. The number of amides is 2. The molecule has 2 atom stereocenters. The highest BCUT2D eigenvalue weighted by atomic mass is 32.2. The molecule has 1 saturated heterocycles. The summed E-state index contributed by atoms with van der Waals surface area (Å²) in [7, 11) is 1.26. The van der Waals surface area contributed by atoms with Crippen molar-refractivity contribution in [1.29, 1.82) is 0 Å². The molecule has 0 spiro atoms. The predicted molar refractivity (Wildman–Crippen MR) is 136 cm³/mol. The number of pyridine rings is 1. The van der Waals surface area contributed by atoms with Crippen LogP contribution in [0.4, 0.5) is 5.13 Å². The van der Waals surface area contributed by atoms with E-state index < -0.39 is 34.9 Å². The number of nitrogens with one attached hydrogen (secondary N) is 2. The van der Waals surface area contributed by atoms with Crippen molar-refractivity contribution in [3.05, 3.63) is 57.4 Å². The number of carboxylic acids is 1. The molecule has 2 amide bonds. The number of aromatic nitrogens is 5. The van der Waals surface area contributed by atoms with Crippen LogP contribution >= 0.6 is 23.1 Å². The van der Waals surface area contributed by atoms with Crippen molar-refractivity contribution in [2.24, 2.45) is 5.16 Å². The molecular formula is C21H20N10O6S2. The number of carbonyl (C=O) groups is 3. The SMILES string of the molecule is CO/N=C(\C(=O)N[C@@H]1C(=O)N2C(C(=O)[O-])=C(C[n+]3cccc(-c4nn(N)c(=O)[nH]4)c3)CS[C@H]12)c1csc(N)n1. The minimum Gasteiger partial charge on any atom is -0.543 e. The third-order valence-corrected chi connectivity index (χ3v) is 7.85. The van der Waals surface area contributed by atoms with Crippen molar-refractivity contribution in [1.82, 2.24) is 30.1 Å². The summed E-state index contributed by atoms with van der Waals surface area (Å²) < 4.78 is 1.68. The van der Waals surface area contributed by atoms with Gasteiger partial charge in [0.1, 0.15) is 24.2 Å². The minimum atomic E-state index is -1.52. The molecule has 0 bridgehead atoms. The standard InChI is InChI=1S/C21H20N10O6S2/c1-37-28-12(11-8-39-20(22)24-11)16(32)25-13-17(33)30-14(19(34)35)10(7-38-18(13)30)6-29-4-2-3-9(5-29)15-26-21(36)31(23)27-15/h2-5,8,13,18H,6-7,23H2,1H3,(H4-,22,24,25,26,27,32,34,35,36)/b28-12-/t13-,18-/m1/s1. The summed E-state index contributed by atoms with van der Waals surface area (Å²) in [6.45, 7) is 0.112. The molecule has 5 rings (SSSR count). The van der Waals surface area contributed by atoms with Gasteiger partial charge in [0.15, 0.2) is 35.6 Å². The van der Waals surface area contributed by atoms with E-state index >= 15 is 0 Å². The quantitative estimate of drug-likeness (QED) is 0.0688. The lowest BCUT2D eigenvalue weighted by molar-refractivity contribution is -0.688. The Morgan fingerprint density at radius 2 is 2.21 bits per heavy atom. The van der Waals surface area contributed by atoms with Crippen LogP contribution in [-0.2, 0) is 25.8 Å². The number of H-pyrrole nitrogens is 1. The van der Waals surface area contributed by atoms with Gasteiger partial charge in [0, 0.05) is 22.8 Å². The van der Waals surface area contributed by atoms with Crippen LogP contribution < -0.4 is 32.3 Å². The number of carboxylic acid groups (broad SMARTS) is 1. The number of thioether (sulfide) groups is 1. The van der Waals surface area contributed by atoms with E-state index in [1.807, 2.05) is 0 Å². The van der Waals surface area contributed by atoms with Crippen LogP contribution in [0.3, 0.4) is 0 Å². The number of nitrogen functional groups attached to an aromatic ring is 2. The maximum atomic E-state index is 13.0. The van der Waals surface area contributed by atoms with Crippen LogP contribution in [0.1, 0.15) is 5.69 Å². The molecule has 0 radical (unpaired) electrons. The Morgan fingerprint density at radius 3 is 2.85 bits per heavy atom. The Bertz CT molecular complexity index is 1610. The van der Waals surface area contributed by atoms with Gasteiger partial charge >= 0.3 is 5.69 Å². The number of rotatable bonds is 8. The van der Waals surface area contributed by atoms with Gasteiger partial charge in [0.05, 0.1) is 17.2 Å². The summed E-state index contributed by atoms with van der Waals surface area (Å²) in [6, 6.07) is 2.38. The summed E-state index contributed by atoms with van der Waals surface area (Å²) >= 11 is 2.39. The fourth-order valence-electron chi connectivity index (χ4n) is 4.14. The fourth-order valence-corrected chi connectivity index (χ4v) is 6.03. The second-order valence-electron chi connectivity index (χ2n) is 8.28. The monoisotopic (exact) mass is 572 g/mol. The highest BCUT2D eigenvalue weighted by Crippen LogP contribution is 2.40. The first-order valence-electron chi connectivity index (χ1n) is 11.1. The van der Waals surface area contributed by atoms with Gasteiger partial charge in [-0.3, -0.25) is 19.5 Å². The molecule has 0 aromatic carbocycles. The van der Waals surface area contributed by atoms with Gasteiger partial charge in [-0.25, -0.2) is 14.3 Å². The van der Waals surface area contributed by atoms with E-state index in [0.29, 0.717) is 15.9 Å². The number of aliphatic carboxylic acids is 1. The summed E-state index contributed by atoms with van der Waals surface area (Å²) in [5, 5.41) is 23.4. The van der Waals surface area contributed by atoms with Crippen molar-refractivity contribution in [3.63, 3.8) is 0 Å². The van der Waals surface area contributed by atoms with Crippen molar-refractivity contribution in [3.8, 4) is 11.4 Å². The molecule has 3 aromatic heterocycles. The van der Waals surface area contributed by atoms with Crippen LogP contribution in [0.15, 0.2) is 51.1 Å². The number of oxime groups is 1. The normalized spacial score (nSPS) is 18.9. The van der Waals surface area contributed by atoms with Gasteiger partial charge in [-0.05, 0) is 6.07 Å². The maximum absolute atomic E-state index is 13.0. The van der Waals surface area contributed by atoms with E-state index in [4.69, 9.17) is 16.4 Å². The number of nitrogens with two attached hydrogens (primary N) is 2. The Balaban J connectivity index is 1.35. The van der Waals surface area contributed by atoms with E-state index in [9.17, 15) is 24.3 Å². The van der Waals surface area contributed by atoms with Crippen molar-refractivity contribution in [2.45, 2.75) is 18.0 Å². The summed E-state index contributed by atoms with van der Waals surface area (Å²) in [4.78, 5) is 62.8. The Kier molecular flexibility index (Phi) is 6.79. The molecule has 39 heavy (non-hydrogen) atoms. The average molecular weight is 573 g/mol. The van der Waals surface area contributed by atoms with E-state index in [-0.39, 0.29) is 40.4 Å². The van der Waals surface area contributed by atoms with Crippen LogP contribution in [0, 0.1) is 0 Å². The van der Waals surface area contributed by atoms with Crippen molar-refractivity contribution >= 4 is 51.7 Å². The third-order valence-electron chi connectivity index (χ3n) is 5.84. The first-order valence-corrected chi connectivity index (χ1v) is 13.1. The van der Waals surface area contributed by atoms with E-state index in [1.54, 1.807) is 29.1 Å². The smallest absolute Gasteiger partial charge is 0.362 e. The number of thiazole rings is 1. The van der Waals surface area contributed by atoms with Crippen LogP contribution in [0.2, 0.25) is 0 Å². The first-order chi connectivity index (χ1) is 18.7. The highest BCUT2D eigenvalue weighted by molar-refractivity contribution is 8.00. The van der Waals surface area contributed by atoms with E-state index in [2.05, 4.69) is 25.5 Å². The van der Waals surface area contributed by atoms with Crippen LogP contribution in [0.25, 0.3) is 11.4 Å². The molecule has 5 heterocycles. The van der Waals surface area contributed by atoms with Gasteiger partial charge in [0.25, 0.3) is 11.8 Å². The van der Waals surface area contributed by atoms with Gasteiger partial charge in [-0.15, -0.1) is 33.0 Å². The number of aromatic amines is 1. The molecule has 2 aliphatic heterocycles. The van der Waals surface area contributed by atoms with Crippen molar-refractivity contribution in [2.75, 3.05) is 24.4 Å². The topological polar surface area (TPSA) is 231 Å². The number of β-lactam (4-membered cyclic amide) rings is 1. The first kappa shape index (κ1) is 25.9. The molecule has 16 nitrogen and oxygen atoms in total. The molecule has 202 valence electrons. The highest BCUT2D eigenvalue weighted by Gasteiger charge is 2.53. The molecule has 6 N–H and O–H groups in total. The molecular weight excluding hydrogens is 552 g/mol. The lowest BCUT2D eigenvalue weighted by Gasteiger charge is -2.50. The number of anilines is 1. The maximum Gasteiger partial charge on any atom is 0.362 e. The molecule has 0 aliphatic carbocycles. The number of fused-ring (bicyclic) bond motifs is 1. The van der Waals surface area contributed by atoms with Gasteiger partial charge in [0.2, 0.25) is 0 Å². The van der Waals surface area contributed by atoms with Crippen LogP contribution in [-0.4, -0.2) is 72.5 Å². The van der Waals surface area contributed by atoms with Crippen LogP contribution in [0.5, 0.6) is 0 Å². The summed E-state index contributed by atoms with van der Waals surface area (Å²) in [5.74, 6) is 3.08. The molecule has 3 aromatic rings. The Labute approximate surface area is 226 Å². The van der Waals surface area contributed by atoms with Gasteiger partial charge in [-0.1, -0.05) is 5.16 Å². The number of nitrogens with zero attached hydrogens (tertiary/aromatic N) is 6. The minimum absolute atomic E-state index is 0.112. The molecule has 0 saturated carbocycles. The average Bonchev–Trinajstić information content (AvgIpc) is 3.49. The predicted octanol–water partition coefficient (Wildman–Crippen LogP) is -3.27. The second kappa shape index (κ2) is 10.2. The largest absolute Gasteiger partial charge is 0.543 e. The summed E-state index contributed by atoms with van der Waals surface area (Å²) in [6.07, 6.45) is 3.35.